The van der Waals surface area contributed by atoms with Gasteiger partial charge in [0.15, 0.2) is 4.84 Å². The minimum Gasteiger partial charge on any atom is -0.339 e. The first-order valence-corrected chi connectivity index (χ1v) is 6.50. The highest BCUT2D eigenvalue weighted by Crippen LogP contribution is 2.09. The van der Waals surface area contributed by atoms with E-state index in [1.165, 1.54) is 4.90 Å². The molecule has 0 aliphatic rings. The van der Waals surface area contributed by atoms with Gasteiger partial charge in [0, 0.05) is 13.1 Å². The summed E-state index contributed by atoms with van der Waals surface area (Å²) in [6, 6.07) is 11.8. The van der Waals surface area contributed by atoms with Gasteiger partial charge in [0.25, 0.3) is 5.91 Å². The molecule has 1 rings (SSSR count). The van der Waals surface area contributed by atoms with Gasteiger partial charge in [-0.2, -0.15) is 5.26 Å². The fourth-order valence-electron chi connectivity index (χ4n) is 1.56. The monoisotopic (exact) mass is 284 g/mol. The summed E-state index contributed by atoms with van der Waals surface area (Å²) in [5, 5.41) is 8.57. The SMILES string of the molecule is N#CCCN(CCc1ccccc1)C(=O)C(Cl)Cl. The van der Waals surface area contributed by atoms with Crippen LogP contribution in [0.25, 0.3) is 0 Å². The van der Waals surface area contributed by atoms with Crippen LogP contribution in [0.1, 0.15) is 12.0 Å². The van der Waals surface area contributed by atoms with E-state index in [9.17, 15) is 4.79 Å². The molecule has 0 saturated heterocycles. The van der Waals surface area contributed by atoms with Crippen LogP contribution in [0.2, 0.25) is 0 Å². The average Bonchev–Trinajstić information content (AvgIpc) is 2.39. The summed E-state index contributed by atoms with van der Waals surface area (Å²) < 4.78 is 0. The lowest BCUT2D eigenvalue weighted by atomic mass is 10.1. The zero-order valence-corrected chi connectivity index (χ0v) is 11.4. The maximum absolute atomic E-state index is 11.7. The normalized spacial score (nSPS) is 10.1. The molecule has 0 aliphatic heterocycles. The lowest BCUT2D eigenvalue weighted by molar-refractivity contribution is -0.129. The molecule has 0 atom stereocenters. The van der Waals surface area contributed by atoms with E-state index < -0.39 is 4.84 Å². The van der Waals surface area contributed by atoms with E-state index in [1.807, 2.05) is 36.4 Å². The van der Waals surface area contributed by atoms with Gasteiger partial charge in [0.2, 0.25) is 0 Å². The quantitative estimate of drug-likeness (QED) is 0.754. The number of carbonyl (C=O) groups excluding carboxylic acids is 1. The molecule has 5 heteroatoms. The molecule has 18 heavy (non-hydrogen) atoms. The maximum Gasteiger partial charge on any atom is 0.255 e. The second-order valence-electron chi connectivity index (χ2n) is 3.77. The Bertz CT molecular complexity index is 415. The number of hydrogen-bond acceptors (Lipinski definition) is 2. The zero-order valence-electron chi connectivity index (χ0n) is 9.85. The van der Waals surface area contributed by atoms with Crippen molar-refractivity contribution in [2.45, 2.75) is 17.7 Å². The molecule has 0 N–H and O–H groups in total. The summed E-state index contributed by atoms with van der Waals surface area (Å²) in [5.41, 5.74) is 1.13. The third-order valence-electron chi connectivity index (χ3n) is 2.51. The number of hydrogen-bond donors (Lipinski definition) is 0. The number of amides is 1. The minimum atomic E-state index is -1.07. The smallest absolute Gasteiger partial charge is 0.255 e. The van der Waals surface area contributed by atoms with Crippen molar-refractivity contribution < 1.29 is 4.79 Å². The number of rotatable bonds is 6. The van der Waals surface area contributed by atoms with E-state index in [4.69, 9.17) is 28.5 Å². The van der Waals surface area contributed by atoms with Gasteiger partial charge < -0.3 is 4.90 Å². The molecule has 0 radical (unpaired) electrons. The number of benzene rings is 1. The molecule has 0 heterocycles. The molecule has 0 spiro atoms. The fraction of sp³-hybridized carbons (Fsp3) is 0.385. The first-order valence-electron chi connectivity index (χ1n) is 5.63. The summed E-state index contributed by atoms with van der Waals surface area (Å²) in [6.45, 7) is 0.874. The van der Waals surface area contributed by atoms with Crippen molar-refractivity contribution >= 4 is 29.1 Å². The van der Waals surface area contributed by atoms with E-state index in [0.717, 1.165) is 12.0 Å². The van der Waals surface area contributed by atoms with Gasteiger partial charge in [-0.05, 0) is 12.0 Å². The van der Waals surface area contributed by atoms with Crippen LogP contribution in [-0.4, -0.2) is 28.7 Å². The molecule has 0 bridgehead atoms. The Morgan fingerprint density at radius 2 is 1.94 bits per heavy atom. The highest BCUT2D eigenvalue weighted by Gasteiger charge is 2.19. The summed E-state index contributed by atoms with van der Waals surface area (Å²) in [7, 11) is 0. The average molecular weight is 285 g/mol. The predicted octanol–water partition coefficient (Wildman–Crippen LogP) is 2.78. The highest BCUT2D eigenvalue weighted by molar-refractivity contribution is 6.53. The summed E-state index contributed by atoms with van der Waals surface area (Å²) in [6.07, 6.45) is 1.000. The molecule has 96 valence electrons. The third-order valence-corrected chi connectivity index (χ3v) is 2.88. The molecule has 1 aromatic rings. The van der Waals surface area contributed by atoms with Gasteiger partial charge in [-0.1, -0.05) is 53.5 Å². The maximum atomic E-state index is 11.7. The third kappa shape index (κ3) is 4.95. The molecule has 0 aliphatic carbocycles. The largest absolute Gasteiger partial charge is 0.339 e. The van der Waals surface area contributed by atoms with Crippen molar-refractivity contribution in [2.75, 3.05) is 13.1 Å². The second kappa shape index (κ2) is 7.97. The summed E-state index contributed by atoms with van der Waals surface area (Å²) in [5.74, 6) is -0.343. The van der Waals surface area contributed by atoms with E-state index in [0.29, 0.717) is 13.1 Å². The van der Waals surface area contributed by atoms with Crippen LogP contribution in [0.15, 0.2) is 30.3 Å². The number of alkyl halides is 2. The Hall–Kier alpha value is -1.24. The Labute approximate surface area is 117 Å². The molecule has 0 saturated carbocycles. The molecular formula is C13H14Cl2N2O. The van der Waals surface area contributed by atoms with Crippen molar-refractivity contribution in [3.8, 4) is 6.07 Å². The topological polar surface area (TPSA) is 44.1 Å². The number of nitriles is 1. The van der Waals surface area contributed by atoms with E-state index in [1.54, 1.807) is 0 Å². The second-order valence-corrected chi connectivity index (χ2v) is 4.87. The van der Waals surface area contributed by atoms with Crippen molar-refractivity contribution in [2.24, 2.45) is 0 Å². The standard InChI is InChI=1S/C13H14Cl2N2O/c14-12(15)13(18)17(9-4-8-16)10-7-11-5-2-1-3-6-11/h1-3,5-6,12H,4,7,9-10H2. The Kier molecular flexibility index (Phi) is 6.56. The minimum absolute atomic E-state index is 0.279. The van der Waals surface area contributed by atoms with E-state index >= 15 is 0 Å². The highest BCUT2D eigenvalue weighted by atomic mass is 35.5. The van der Waals surface area contributed by atoms with Crippen LogP contribution < -0.4 is 0 Å². The number of halogens is 2. The number of nitrogens with zero attached hydrogens (tertiary/aromatic N) is 2. The van der Waals surface area contributed by atoms with Gasteiger partial charge in [-0.25, -0.2) is 0 Å². The van der Waals surface area contributed by atoms with Gasteiger partial charge >= 0.3 is 0 Å². The lowest BCUT2D eigenvalue weighted by Crippen LogP contribution is -2.37. The molecule has 0 fully saturated rings. The van der Waals surface area contributed by atoms with Crippen LogP contribution in [0.5, 0.6) is 0 Å². The molecule has 0 unspecified atom stereocenters. The van der Waals surface area contributed by atoms with Gasteiger partial charge in [-0.15, -0.1) is 0 Å². The van der Waals surface area contributed by atoms with Gasteiger partial charge in [0.1, 0.15) is 0 Å². The van der Waals surface area contributed by atoms with Crippen molar-refractivity contribution in [1.29, 1.82) is 5.26 Å². The summed E-state index contributed by atoms with van der Waals surface area (Å²) in [4.78, 5) is 12.2. The lowest BCUT2D eigenvalue weighted by Gasteiger charge is -2.22. The Balaban J connectivity index is 2.56. The first-order chi connectivity index (χ1) is 8.65. The van der Waals surface area contributed by atoms with Gasteiger partial charge in [0.05, 0.1) is 12.5 Å². The van der Waals surface area contributed by atoms with E-state index in [-0.39, 0.29) is 12.3 Å². The van der Waals surface area contributed by atoms with Crippen molar-refractivity contribution in [3.63, 3.8) is 0 Å². The molecule has 1 amide bonds. The van der Waals surface area contributed by atoms with Crippen LogP contribution in [0, 0.1) is 11.3 Å². The van der Waals surface area contributed by atoms with Crippen LogP contribution in [0.3, 0.4) is 0 Å². The predicted molar refractivity (Wildman–Crippen MR) is 72.5 cm³/mol. The zero-order chi connectivity index (χ0) is 13.4. The molecule has 1 aromatic carbocycles. The Morgan fingerprint density at radius 1 is 1.28 bits per heavy atom. The fourth-order valence-corrected chi connectivity index (χ4v) is 1.84. The first kappa shape index (κ1) is 14.8. The van der Waals surface area contributed by atoms with Crippen molar-refractivity contribution in [3.05, 3.63) is 35.9 Å². The van der Waals surface area contributed by atoms with Crippen LogP contribution in [0.4, 0.5) is 0 Å². The Morgan fingerprint density at radius 3 is 2.50 bits per heavy atom. The molecule has 3 nitrogen and oxygen atoms in total. The van der Waals surface area contributed by atoms with Crippen LogP contribution >= 0.6 is 23.2 Å². The summed E-state index contributed by atoms with van der Waals surface area (Å²) >= 11 is 11.1. The van der Waals surface area contributed by atoms with Crippen LogP contribution in [-0.2, 0) is 11.2 Å². The molecule has 0 aromatic heterocycles. The van der Waals surface area contributed by atoms with Gasteiger partial charge in [-0.3, -0.25) is 4.79 Å². The molecular weight excluding hydrogens is 271 g/mol. The van der Waals surface area contributed by atoms with Crippen molar-refractivity contribution in [1.82, 2.24) is 4.90 Å². The van der Waals surface area contributed by atoms with E-state index in [2.05, 4.69) is 0 Å². The number of carbonyl (C=O) groups is 1.